The highest BCUT2D eigenvalue weighted by molar-refractivity contribution is 5.92. The van der Waals surface area contributed by atoms with Crippen LogP contribution in [-0.4, -0.2) is 10.9 Å². The zero-order chi connectivity index (χ0) is 7.98. The molecule has 0 aromatic carbocycles. The second-order valence-electron chi connectivity index (χ2n) is 2.33. The van der Waals surface area contributed by atoms with Crippen molar-refractivity contribution in [2.75, 3.05) is 0 Å². The number of allylic oxidation sites excluding steroid dienone is 1. The van der Waals surface area contributed by atoms with Gasteiger partial charge in [-0.15, -0.1) is 0 Å². The number of Topliss-reactive ketones (excluding diaryl/α,β-unsaturated/α-hetero) is 1. The minimum atomic E-state index is -0.309. The van der Waals surface area contributed by atoms with Crippen molar-refractivity contribution in [1.29, 1.82) is 0 Å². The smallest absolute Gasteiger partial charge is 0.196 e. The van der Waals surface area contributed by atoms with E-state index in [2.05, 4.69) is 13.5 Å². The lowest BCUT2D eigenvalue weighted by atomic mass is 10.1. The van der Waals surface area contributed by atoms with Crippen LogP contribution >= 0.6 is 0 Å². The maximum Gasteiger partial charge on any atom is 0.196 e. The Kier molecular flexibility index (Phi) is 4.63. The highest BCUT2D eigenvalue weighted by Crippen LogP contribution is 2.02. The fraction of sp³-hybridized carbons (Fsp3) is 0.625. The second-order valence-corrected chi connectivity index (χ2v) is 2.33. The van der Waals surface area contributed by atoms with Crippen LogP contribution in [0, 0.1) is 0 Å². The summed E-state index contributed by atoms with van der Waals surface area (Å²) in [7, 11) is 0. The molecule has 0 fully saturated rings. The first-order valence-electron chi connectivity index (χ1n) is 3.59. The zero-order valence-corrected chi connectivity index (χ0v) is 6.39. The van der Waals surface area contributed by atoms with E-state index < -0.39 is 0 Å². The van der Waals surface area contributed by atoms with E-state index in [1.807, 2.05) is 0 Å². The molecule has 0 amide bonds. The molecule has 0 heterocycles. The molecule has 0 aromatic heterocycles. The quantitative estimate of drug-likeness (QED) is 0.363. The molecule has 0 bridgehead atoms. The Bertz CT molecular complexity index is 127. The van der Waals surface area contributed by atoms with Gasteiger partial charge in [-0.1, -0.05) is 26.3 Å². The fourth-order valence-corrected chi connectivity index (χ4v) is 0.680. The molecule has 58 valence electrons. The standard InChI is InChI=1S/C8H14O2/c1-3-4-5-6-8(10)7(2)9/h9H,2-6H2,1H3. The van der Waals surface area contributed by atoms with Crippen LogP contribution in [0.5, 0.6) is 0 Å². The molecule has 10 heavy (non-hydrogen) atoms. The third-order valence-electron chi connectivity index (χ3n) is 1.33. The van der Waals surface area contributed by atoms with Gasteiger partial charge in [0.15, 0.2) is 11.5 Å². The number of carbonyl (C=O) groups is 1. The highest BCUT2D eigenvalue weighted by atomic mass is 16.3. The van der Waals surface area contributed by atoms with Crippen LogP contribution in [0.1, 0.15) is 32.6 Å². The van der Waals surface area contributed by atoms with Crippen LogP contribution in [0.25, 0.3) is 0 Å². The lowest BCUT2D eigenvalue weighted by Gasteiger charge is -1.95. The van der Waals surface area contributed by atoms with Crippen LogP contribution in [0.15, 0.2) is 12.3 Å². The summed E-state index contributed by atoms with van der Waals surface area (Å²) in [5.41, 5.74) is 0. The first kappa shape index (κ1) is 9.21. The second kappa shape index (κ2) is 5.03. The molecule has 0 aliphatic carbocycles. The van der Waals surface area contributed by atoms with Gasteiger partial charge >= 0.3 is 0 Å². The monoisotopic (exact) mass is 142 g/mol. The summed E-state index contributed by atoms with van der Waals surface area (Å²) in [4.78, 5) is 10.7. The molecule has 0 rings (SSSR count). The molecule has 0 saturated carbocycles. The number of aliphatic hydroxyl groups excluding tert-OH is 1. The van der Waals surface area contributed by atoms with Crippen LogP contribution in [0.3, 0.4) is 0 Å². The average molecular weight is 142 g/mol. The topological polar surface area (TPSA) is 37.3 Å². The summed E-state index contributed by atoms with van der Waals surface area (Å²) in [5, 5.41) is 8.58. The molecule has 0 unspecified atom stereocenters. The Hall–Kier alpha value is -0.790. The minimum absolute atomic E-state index is 0.228. The summed E-state index contributed by atoms with van der Waals surface area (Å²) in [6, 6.07) is 0. The van der Waals surface area contributed by atoms with Crippen molar-refractivity contribution in [2.24, 2.45) is 0 Å². The van der Waals surface area contributed by atoms with Gasteiger partial charge in [-0.25, -0.2) is 0 Å². The van der Waals surface area contributed by atoms with Crippen molar-refractivity contribution in [3.8, 4) is 0 Å². The Balaban J connectivity index is 3.31. The van der Waals surface area contributed by atoms with E-state index in [1.165, 1.54) is 0 Å². The van der Waals surface area contributed by atoms with E-state index in [9.17, 15) is 4.79 Å². The average Bonchev–Trinajstić information content (AvgIpc) is 1.88. The van der Waals surface area contributed by atoms with Gasteiger partial charge < -0.3 is 5.11 Å². The number of ketones is 1. The summed E-state index contributed by atoms with van der Waals surface area (Å²) in [5.74, 6) is -0.537. The van der Waals surface area contributed by atoms with Crippen molar-refractivity contribution in [3.63, 3.8) is 0 Å². The van der Waals surface area contributed by atoms with Crippen molar-refractivity contribution in [1.82, 2.24) is 0 Å². The lowest BCUT2D eigenvalue weighted by molar-refractivity contribution is -0.118. The van der Waals surface area contributed by atoms with E-state index in [1.54, 1.807) is 0 Å². The van der Waals surface area contributed by atoms with Gasteiger partial charge in [0.05, 0.1) is 0 Å². The molecule has 0 aromatic rings. The van der Waals surface area contributed by atoms with Gasteiger partial charge in [0.1, 0.15) is 0 Å². The van der Waals surface area contributed by atoms with E-state index in [0.717, 1.165) is 19.3 Å². The van der Waals surface area contributed by atoms with E-state index >= 15 is 0 Å². The number of carbonyl (C=O) groups excluding carboxylic acids is 1. The molecule has 0 aliphatic heterocycles. The largest absolute Gasteiger partial charge is 0.505 e. The summed E-state index contributed by atoms with van der Waals surface area (Å²) in [6.07, 6.45) is 3.42. The Morgan fingerprint density at radius 2 is 2.10 bits per heavy atom. The number of unbranched alkanes of at least 4 members (excludes halogenated alkanes) is 2. The van der Waals surface area contributed by atoms with E-state index in [4.69, 9.17) is 5.11 Å². The van der Waals surface area contributed by atoms with E-state index in [0.29, 0.717) is 6.42 Å². The maximum absolute atomic E-state index is 10.7. The predicted molar refractivity (Wildman–Crippen MR) is 40.9 cm³/mol. The van der Waals surface area contributed by atoms with Crippen LogP contribution in [-0.2, 0) is 4.79 Å². The fourth-order valence-electron chi connectivity index (χ4n) is 0.680. The third-order valence-corrected chi connectivity index (χ3v) is 1.33. The molecular weight excluding hydrogens is 128 g/mol. The van der Waals surface area contributed by atoms with Gasteiger partial charge in [0.2, 0.25) is 0 Å². The summed E-state index contributed by atoms with van der Waals surface area (Å²) in [6.45, 7) is 5.21. The normalized spacial score (nSPS) is 9.30. The lowest BCUT2D eigenvalue weighted by Crippen LogP contribution is -1.99. The Labute approximate surface area is 61.6 Å². The van der Waals surface area contributed by atoms with Crippen molar-refractivity contribution in [2.45, 2.75) is 32.6 Å². The van der Waals surface area contributed by atoms with Crippen LogP contribution in [0.4, 0.5) is 0 Å². The molecule has 2 nitrogen and oxygen atoms in total. The molecule has 2 heteroatoms. The molecule has 0 radical (unpaired) electrons. The number of aliphatic hydroxyl groups is 1. The van der Waals surface area contributed by atoms with Crippen molar-refractivity contribution >= 4 is 5.78 Å². The first-order valence-corrected chi connectivity index (χ1v) is 3.59. The van der Waals surface area contributed by atoms with Gasteiger partial charge in [0.25, 0.3) is 0 Å². The zero-order valence-electron chi connectivity index (χ0n) is 6.39. The third kappa shape index (κ3) is 4.13. The van der Waals surface area contributed by atoms with Crippen molar-refractivity contribution in [3.05, 3.63) is 12.3 Å². The summed E-state index contributed by atoms with van der Waals surface area (Å²) < 4.78 is 0. The Morgan fingerprint density at radius 1 is 1.50 bits per heavy atom. The molecule has 0 atom stereocenters. The predicted octanol–water partition coefficient (Wildman–Crippen LogP) is 2.21. The number of hydrogen-bond donors (Lipinski definition) is 1. The SMILES string of the molecule is C=C(O)C(=O)CCCCC. The van der Waals surface area contributed by atoms with Gasteiger partial charge in [-0.05, 0) is 6.42 Å². The molecule has 0 spiro atoms. The van der Waals surface area contributed by atoms with Crippen molar-refractivity contribution < 1.29 is 9.90 Å². The molecule has 0 aliphatic rings. The first-order chi connectivity index (χ1) is 4.68. The number of rotatable bonds is 5. The minimum Gasteiger partial charge on any atom is -0.505 e. The molecule has 0 saturated heterocycles. The van der Waals surface area contributed by atoms with Gasteiger partial charge in [-0.2, -0.15) is 0 Å². The molecular formula is C8H14O2. The van der Waals surface area contributed by atoms with Crippen LogP contribution in [0.2, 0.25) is 0 Å². The van der Waals surface area contributed by atoms with Gasteiger partial charge in [-0.3, -0.25) is 4.79 Å². The summed E-state index contributed by atoms with van der Waals surface area (Å²) >= 11 is 0. The number of hydrogen-bond acceptors (Lipinski definition) is 2. The molecule has 1 N–H and O–H groups in total. The maximum atomic E-state index is 10.7. The highest BCUT2D eigenvalue weighted by Gasteiger charge is 2.02. The Morgan fingerprint density at radius 3 is 2.50 bits per heavy atom. The van der Waals surface area contributed by atoms with Gasteiger partial charge in [0, 0.05) is 6.42 Å². The van der Waals surface area contributed by atoms with E-state index in [-0.39, 0.29) is 11.5 Å². The van der Waals surface area contributed by atoms with Crippen LogP contribution < -0.4 is 0 Å².